The molecule has 0 N–H and O–H groups in total. The summed E-state index contributed by atoms with van der Waals surface area (Å²) >= 11 is 2.20. The van der Waals surface area contributed by atoms with Gasteiger partial charge in [-0.2, -0.15) is 0 Å². The van der Waals surface area contributed by atoms with Gasteiger partial charge in [0.2, 0.25) is 0 Å². The van der Waals surface area contributed by atoms with E-state index < -0.39 is 0 Å². The van der Waals surface area contributed by atoms with Crippen LogP contribution < -0.4 is 0 Å². The van der Waals surface area contributed by atoms with Crippen LogP contribution in [0.15, 0.2) is 18.2 Å². The van der Waals surface area contributed by atoms with Crippen LogP contribution in [0.4, 0.5) is 0 Å². The van der Waals surface area contributed by atoms with Crippen molar-refractivity contribution in [2.75, 3.05) is 6.61 Å². The zero-order chi connectivity index (χ0) is 8.55. The predicted octanol–water partition coefficient (Wildman–Crippen LogP) is 2.00. The molecule has 1 aliphatic heterocycles. The van der Waals surface area contributed by atoms with Crippen LogP contribution in [-0.2, 0) is 11.3 Å². The van der Waals surface area contributed by atoms with E-state index in [1.54, 1.807) is 0 Å². The summed E-state index contributed by atoms with van der Waals surface area (Å²) in [6, 6.07) is 5.86. The van der Waals surface area contributed by atoms with E-state index in [0.29, 0.717) is 6.61 Å². The van der Waals surface area contributed by atoms with E-state index in [1.807, 2.05) is 18.2 Å². The Hall–Kier alpha value is -0.420. The summed E-state index contributed by atoms with van der Waals surface area (Å²) in [6.45, 7) is 0.797. The summed E-state index contributed by atoms with van der Waals surface area (Å²) in [7, 11) is 0. The lowest BCUT2D eigenvalue weighted by Gasteiger charge is -2.14. The van der Waals surface area contributed by atoms with Crippen LogP contribution in [0.25, 0.3) is 0 Å². The Balaban J connectivity index is 2.54. The molecule has 1 aliphatic rings. The second-order valence-corrected chi connectivity index (χ2v) is 3.96. The Morgan fingerprint density at radius 3 is 3.00 bits per heavy atom. The standard InChI is InChI=1S/C9H7IO2/c10-7-2-1-6-4-12-5-9(11)8(6)3-7/h1-3H,4-5H2. The Kier molecular flexibility index (Phi) is 2.14. The number of halogens is 1. The maximum atomic E-state index is 11.3. The SMILES string of the molecule is O=C1COCc2ccc(I)cc21. The number of rotatable bonds is 0. The first kappa shape index (κ1) is 8.19. The fraction of sp³-hybridized carbons (Fsp3) is 0.222. The number of fused-ring (bicyclic) bond motifs is 1. The van der Waals surface area contributed by atoms with Gasteiger partial charge in [-0.05, 0) is 40.3 Å². The van der Waals surface area contributed by atoms with E-state index in [1.165, 1.54) is 0 Å². The lowest BCUT2D eigenvalue weighted by molar-refractivity contribution is 0.0665. The third-order valence-corrected chi connectivity index (χ3v) is 2.53. The average molecular weight is 274 g/mol. The Bertz CT molecular complexity index is 333. The van der Waals surface area contributed by atoms with Gasteiger partial charge in [-0.25, -0.2) is 0 Å². The summed E-state index contributed by atoms with van der Waals surface area (Å²) in [4.78, 5) is 11.3. The van der Waals surface area contributed by atoms with Crippen LogP contribution in [0, 0.1) is 3.57 Å². The quantitative estimate of drug-likeness (QED) is 0.676. The van der Waals surface area contributed by atoms with Crippen LogP contribution in [0.3, 0.4) is 0 Å². The summed E-state index contributed by atoms with van der Waals surface area (Å²) < 4.78 is 6.19. The lowest BCUT2D eigenvalue weighted by atomic mass is 10.0. The number of Topliss-reactive ketones (excluding diaryl/α,β-unsaturated/α-hetero) is 1. The molecule has 0 saturated heterocycles. The average Bonchev–Trinajstić information content (AvgIpc) is 2.07. The van der Waals surface area contributed by atoms with Crippen LogP contribution in [0.1, 0.15) is 15.9 Å². The summed E-state index contributed by atoms with van der Waals surface area (Å²) in [6.07, 6.45) is 0. The fourth-order valence-electron chi connectivity index (χ4n) is 1.27. The summed E-state index contributed by atoms with van der Waals surface area (Å²) in [5.74, 6) is 0.0924. The van der Waals surface area contributed by atoms with E-state index in [2.05, 4.69) is 22.6 Å². The third kappa shape index (κ3) is 1.38. The van der Waals surface area contributed by atoms with Crippen molar-refractivity contribution in [2.24, 2.45) is 0 Å². The molecule has 1 aromatic rings. The lowest BCUT2D eigenvalue weighted by Crippen LogP contribution is -2.17. The number of hydrogen-bond donors (Lipinski definition) is 0. The van der Waals surface area contributed by atoms with Crippen LogP contribution in [-0.4, -0.2) is 12.4 Å². The number of ether oxygens (including phenoxy) is 1. The predicted molar refractivity (Wildman–Crippen MR) is 53.1 cm³/mol. The number of benzene rings is 1. The minimum atomic E-state index is 0.0924. The Morgan fingerprint density at radius 1 is 1.33 bits per heavy atom. The second-order valence-electron chi connectivity index (χ2n) is 2.72. The van der Waals surface area contributed by atoms with Crippen molar-refractivity contribution in [3.8, 4) is 0 Å². The van der Waals surface area contributed by atoms with Gasteiger partial charge in [-0.15, -0.1) is 0 Å². The van der Waals surface area contributed by atoms with Gasteiger partial charge in [-0.1, -0.05) is 6.07 Å². The van der Waals surface area contributed by atoms with E-state index in [4.69, 9.17) is 4.74 Å². The molecule has 3 heteroatoms. The van der Waals surface area contributed by atoms with Crippen molar-refractivity contribution >= 4 is 28.4 Å². The molecule has 0 aromatic heterocycles. The van der Waals surface area contributed by atoms with Gasteiger partial charge >= 0.3 is 0 Å². The first-order valence-electron chi connectivity index (χ1n) is 3.67. The molecule has 0 saturated carbocycles. The summed E-state index contributed by atoms with van der Waals surface area (Å²) in [5.41, 5.74) is 1.83. The maximum Gasteiger partial charge on any atom is 0.188 e. The maximum absolute atomic E-state index is 11.3. The van der Waals surface area contributed by atoms with Gasteiger partial charge < -0.3 is 4.74 Å². The molecule has 2 rings (SSSR count). The first-order chi connectivity index (χ1) is 5.77. The van der Waals surface area contributed by atoms with Gasteiger partial charge in [0.1, 0.15) is 6.61 Å². The largest absolute Gasteiger partial charge is 0.369 e. The van der Waals surface area contributed by atoms with Gasteiger partial charge in [0.05, 0.1) is 6.61 Å². The highest BCUT2D eigenvalue weighted by molar-refractivity contribution is 14.1. The smallest absolute Gasteiger partial charge is 0.188 e. The van der Waals surface area contributed by atoms with Gasteiger partial charge in [-0.3, -0.25) is 4.79 Å². The summed E-state index contributed by atoms with van der Waals surface area (Å²) in [5, 5.41) is 0. The van der Waals surface area contributed by atoms with Crippen molar-refractivity contribution in [3.63, 3.8) is 0 Å². The number of carbonyl (C=O) groups excluding carboxylic acids is 1. The molecule has 0 unspecified atom stereocenters. The van der Waals surface area contributed by atoms with E-state index in [9.17, 15) is 4.79 Å². The highest BCUT2D eigenvalue weighted by Gasteiger charge is 2.16. The molecular weight excluding hydrogens is 267 g/mol. The van der Waals surface area contributed by atoms with Gasteiger partial charge in [0.15, 0.2) is 5.78 Å². The molecular formula is C9H7IO2. The fourth-order valence-corrected chi connectivity index (χ4v) is 1.76. The molecule has 0 fully saturated rings. The second kappa shape index (κ2) is 3.14. The monoisotopic (exact) mass is 274 g/mol. The zero-order valence-electron chi connectivity index (χ0n) is 6.34. The highest BCUT2D eigenvalue weighted by atomic mass is 127. The van der Waals surface area contributed by atoms with Crippen molar-refractivity contribution in [3.05, 3.63) is 32.9 Å². The van der Waals surface area contributed by atoms with Crippen molar-refractivity contribution in [1.29, 1.82) is 0 Å². The van der Waals surface area contributed by atoms with Crippen LogP contribution in [0.2, 0.25) is 0 Å². The molecule has 0 atom stereocenters. The van der Waals surface area contributed by atoms with E-state index in [-0.39, 0.29) is 12.4 Å². The minimum absolute atomic E-state index is 0.0924. The molecule has 62 valence electrons. The Morgan fingerprint density at radius 2 is 2.17 bits per heavy atom. The number of hydrogen-bond acceptors (Lipinski definition) is 2. The van der Waals surface area contributed by atoms with E-state index in [0.717, 1.165) is 14.7 Å². The Labute approximate surface area is 84.1 Å². The van der Waals surface area contributed by atoms with Crippen molar-refractivity contribution in [1.82, 2.24) is 0 Å². The molecule has 0 radical (unpaired) electrons. The minimum Gasteiger partial charge on any atom is -0.369 e. The zero-order valence-corrected chi connectivity index (χ0v) is 8.50. The van der Waals surface area contributed by atoms with Gasteiger partial charge in [0, 0.05) is 9.13 Å². The molecule has 2 nitrogen and oxygen atoms in total. The molecule has 0 aliphatic carbocycles. The first-order valence-corrected chi connectivity index (χ1v) is 4.74. The molecule has 12 heavy (non-hydrogen) atoms. The van der Waals surface area contributed by atoms with Crippen LogP contribution in [0.5, 0.6) is 0 Å². The molecule has 1 heterocycles. The van der Waals surface area contributed by atoms with Crippen molar-refractivity contribution < 1.29 is 9.53 Å². The van der Waals surface area contributed by atoms with E-state index >= 15 is 0 Å². The highest BCUT2D eigenvalue weighted by Crippen LogP contribution is 2.19. The molecule has 1 aromatic carbocycles. The molecule has 0 spiro atoms. The van der Waals surface area contributed by atoms with Gasteiger partial charge in [0.25, 0.3) is 0 Å². The van der Waals surface area contributed by atoms with Crippen molar-refractivity contribution in [2.45, 2.75) is 6.61 Å². The number of carbonyl (C=O) groups is 1. The third-order valence-electron chi connectivity index (χ3n) is 1.86. The molecule has 0 bridgehead atoms. The number of ketones is 1. The normalized spacial score (nSPS) is 15.9. The topological polar surface area (TPSA) is 26.3 Å². The molecule has 0 amide bonds. The van der Waals surface area contributed by atoms with Crippen LogP contribution >= 0.6 is 22.6 Å².